The van der Waals surface area contributed by atoms with E-state index in [-0.39, 0.29) is 11.4 Å². The van der Waals surface area contributed by atoms with Gasteiger partial charge in [-0.2, -0.15) is 15.3 Å². The van der Waals surface area contributed by atoms with E-state index in [2.05, 4.69) is 30.7 Å². The summed E-state index contributed by atoms with van der Waals surface area (Å²) in [5.41, 5.74) is 3.16. The van der Waals surface area contributed by atoms with E-state index in [4.69, 9.17) is 0 Å². The van der Waals surface area contributed by atoms with E-state index in [1.807, 2.05) is 37.3 Å². The number of aryl methyl sites for hydroxylation is 2. The van der Waals surface area contributed by atoms with Crippen molar-refractivity contribution in [2.45, 2.75) is 6.92 Å². The van der Waals surface area contributed by atoms with Crippen molar-refractivity contribution in [1.29, 1.82) is 0 Å². The molecule has 0 fully saturated rings. The summed E-state index contributed by atoms with van der Waals surface area (Å²) >= 11 is 0. The fourth-order valence-corrected chi connectivity index (χ4v) is 3.33. The molecule has 0 aliphatic rings. The molecule has 158 valence electrons. The Bertz CT molecular complexity index is 1440. The number of nitrogens with zero attached hydrogens (tertiary/aromatic N) is 7. The number of benzene rings is 1. The molecule has 1 amide bonds. The van der Waals surface area contributed by atoms with Gasteiger partial charge in [0.1, 0.15) is 5.69 Å². The molecule has 32 heavy (non-hydrogen) atoms. The van der Waals surface area contributed by atoms with Gasteiger partial charge in [-0.1, -0.05) is 30.3 Å². The van der Waals surface area contributed by atoms with Crippen LogP contribution in [0.4, 0.5) is 10.1 Å². The summed E-state index contributed by atoms with van der Waals surface area (Å²) in [4.78, 5) is 17.5. The molecule has 4 heterocycles. The maximum absolute atomic E-state index is 14.8. The second kappa shape index (κ2) is 7.65. The Morgan fingerprint density at radius 2 is 1.91 bits per heavy atom. The molecule has 0 radical (unpaired) electrons. The van der Waals surface area contributed by atoms with Crippen LogP contribution in [0.15, 0.2) is 60.9 Å². The third kappa shape index (κ3) is 3.47. The molecule has 0 spiro atoms. The Labute approximate surface area is 181 Å². The molecule has 5 rings (SSSR count). The molecule has 0 saturated carbocycles. The number of carbonyl (C=O) groups is 1. The van der Waals surface area contributed by atoms with Gasteiger partial charge in [-0.3, -0.25) is 9.48 Å². The molecule has 5 aromatic rings. The highest BCUT2D eigenvalue weighted by Crippen LogP contribution is 2.24. The number of pyridine rings is 1. The number of hydrogen-bond acceptors (Lipinski definition) is 6. The predicted octanol–water partition coefficient (Wildman–Crippen LogP) is 3.29. The molecule has 0 unspecified atom stereocenters. The van der Waals surface area contributed by atoms with Crippen LogP contribution in [0.5, 0.6) is 0 Å². The summed E-state index contributed by atoms with van der Waals surface area (Å²) < 4.78 is 17.5. The van der Waals surface area contributed by atoms with Crippen LogP contribution in [0.3, 0.4) is 0 Å². The van der Waals surface area contributed by atoms with Crippen molar-refractivity contribution in [3.8, 4) is 22.6 Å². The molecular formula is C22H17FN8O. The van der Waals surface area contributed by atoms with Crippen LogP contribution < -0.4 is 5.32 Å². The van der Waals surface area contributed by atoms with Gasteiger partial charge in [0, 0.05) is 18.7 Å². The molecular weight excluding hydrogens is 411 g/mol. The molecule has 1 aromatic carbocycles. The zero-order valence-corrected chi connectivity index (χ0v) is 17.2. The summed E-state index contributed by atoms with van der Waals surface area (Å²) in [6.07, 6.45) is 2.71. The number of anilines is 1. The van der Waals surface area contributed by atoms with Crippen molar-refractivity contribution < 1.29 is 9.18 Å². The van der Waals surface area contributed by atoms with Crippen molar-refractivity contribution in [2.75, 3.05) is 5.32 Å². The quantitative estimate of drug-likeness (QED) is 0.471. The molecule has 0 bridgehead atoms. The van der Waals surface area contributed by atoms with Gasteiger partial charge in [0.2, 0.25) is 0 Å². The summed E-state index contributed by atoms with van der Waals surface area (Å²) in [6, 6.07) is 14.4. The third-order valence-electron chi connectivity index (χ3n) is 4.93. The smallest absolute Gasteiger partial charge is 0.274 e. The van der Waals surface area contributed by atoms with Gasteiger partial charge in [-0.25, -0.2) is 13.9 Å². The normalized spacial score (nSPS) is 11.1. The first kappa shape index (κ1) is 19.5. The summed E-state index contributed by atoms with van der Waals surface area (Å²) in [5.74, 6) is -0.719. The maximum Gasteiger partial charge on any atom is 0.274 e. The van der Waals surface area contributed by atoms with Crippen LogP contribution >= 0.6 is 0 Å². The first-order valence-corrected chi connectivity index (χ1v) is 9.75. The summed E-state index contributed by atoms with van der Waals surface area (Å²) in [7, 11) is 1.63. The topological polar surface area (TPSA) is 103 Å². The Hall–Kier alpha value is -4.47. The highest BCUT2D eigenvalue weighted by molar-refractivity contribution is 6.07. The number of halogens is 1. The lowest BCUT2D eigenvalue weighted by molar-refractivity contribution is 0.101. The minimum Gasteiger partial charge on any atom is -0.318 e. The van der Waals surface area contributed by atoms with Gasteiger partial charge in [-0.05, 0) is 19.1 Å². The van der Waals surface area contributed by atoms with Gasteiger partial charge >= 0.3 is 0 Å². The molecule has 9 nitrogen and oxygen atoms in total. The number of aromatic nitrogens is 7. The monoisotopic (exact) mass is 428 g/mol. The van der Waals surface area contributed by atoms with Gasteiger partial charge in [-0.15, -0.1) is 5.10 Å². The molecule has 10 heteroatoms. The Balaban J connectivity index is 1.48. The summed E-state index contributed by atoms with van der Waals surface area (Å²) in [5, 5.41) is 19.2. The number of nitrogens with one attached hydrogen (secondary N) is 1. The van der Waals surface area contributed by atoms with Gasteiger partial charge < -0.3 is 5.32 Å². The second-order valence-electron chi connectivity index (χ2n) is 7.18. The largest absolute Gasteiger partial charge is 0.318 e. The van der Waals surface area contributed by atoms with Gasteiger partial charge in [0.05, 0.1) is 35.0 Å². The van der Waals surface area contributed by atoms with E-state index < -0.39 is 11.7 Å². The SMILES string of the molecule is Cc1ccc(-c2cnn(C)c2C(=O)Nc2cc3nc(-c4ccccc4)nn3cc2F)nn1. The number of carbonyl (C=O) groups excluding carboxylic acids is 1. The number of hydrogen-bond donors (Lipinski definition) is 1. The summed E-state index contributed by atoms with van der Waals surface area (Å²) in [6.45, 7) is 1.82. The molecule has 0 aliphatic carbocycles. The van der Waals surface area contributed by atoms with Crippen LogP contribution in [-0.4, -0.2) is 40.5 Å². The van der Waals surface area contributed by atoms with Crippen LogP contribution in [-0.2, 0) is 7.05 Å². The van der Waals surface area contributed by atoms with Crippen molar-refractivity contribution >= 4 is 17.2 Å². The minimum atomic E-state index is -0.644. The first-order chi connectivity index (χ1) is 15.5. The van der Waals surface area contributed by atoms with E-state index >= 15 is 0 Å². The lowest BCUT2D eigenvalue weighted by atomic mass is 10.1. The standard InChI is InChI=1S/C22H17FN8O/c1-13-8-9-17(28-27-13)15-11-24-30(2)20(15)22(32)25-18-10-19-26-21(14-6-4-3-5-7-14)29-31(19)12-16(18)23/h3-12H,1-2H3,(H,25,32). The van der Waals surface area contributed by atoms with E-state index in [1.54, 1.807) is 19.2 Å². The fourth-order valence-electron chi connectivity index (χ4n) is 3.33. The van der Waals surface area contributed by atoms with E-state index in [1.165, 1.54) is 27.7 Å². The fraction of sp³-hybridized carbons (Fsp3) is 0.0909. The maximum atomic E-state index is 14.8. The zero-order valence-electron chi connectivity index (χ0n) is 17.2. The van der Waals surface area contributed by atoms with Crippen LogP contribution in [0, 0.1) is 12.7 Å². The van der Waals surface area contributed by atoms with E-state index in [0.717, 1.165) is 11.3 Å². The lowest BCUT2D eigenvalue weighted by Gasteiger charge is -2.09. The third-order valence-corrected chi connectivity index (χ3v) is 4.93. The van der Waals surface area contributed by atoms with E-state index in [9.17, 15) is 9.18 Å². The molecule has 0 aliphatic heterocycles. The highest BCUT2D eigenvalue weighted by Gasteiger charge is 2.21. The van der Waals surface area contributed by atoms with Crippen molar-refractivity contribution in [3.63, 3.8) is 0 Å². The van der Waals surface area contributed by atoms with Crippen molar-refractivity contribution in [2.24, 2.45) is 7.05 Å². The van der Waals surface area contributed by atoms with Crippen LogP contribution in [0.2, 0.25) is 0 Å². The lowest BCUT2D eigenvalue weighted by Crippen LogP contribution is -2.18. The predicted molar refractivity (Wildman–Crippen MR) is 115 cm³/mol. The van der Waals surface area contributed by atoms with E-state index in [0.29, 0.717) is 22.7 Å². The first-order valence-electron chi connectivity index (χ1n) is 9.75. The van der Waals surface area contributed by atoms with Crippen LogP contribution in [0.25, 0.3) is 28.3 Å². The van der Waals surface area contributed by atoms with Crippen molar-refractivity contribution in [3.05, 3.63) is 78.1 Å². The highest BCUT2D eigenvalue weighted by atomic mass is 19.1. The average molecular weight is 428 g/mol. The number of amides is 1. The van der Waals surface area contributed by atoms with Crippen molar-refractivity contribution in [1.82, 2.24) is 34.6 Å². The van der Waals surface area contributed by atoms with Gasteiger partial charge in [0.15, 0.2) is 17.3 Å². The number of fused-ring (bicyclic) bond motifs is 1. The Kier molecular flexibility index (Phi) is 4.66. The molecule has 1 N–H and O–H groups in total. The molecule has 0 saturated heterocycles. The molecule has 0 atom stereocenters. The van der Waals surface area contributed by atoms with Crippen LogP contribution in [0.1, 0.15) is 16.2 Å². The Morgan fingerprint density at radius 1 is 1.09 bits per heavy atom. The molecule has 4 aromatic heterocycles. The van der Waals surface area contributed by atoms with Gasteiger partial charge in [0.25, 0.3) is 5.91 Å². The average Bonchev–Trinajstić information content (AvgIpc) is 3.38. The zero-order chi connectivity index (χ0) is 22.2. The Morgan fingerprint density at radius 3 is 2.66 bits per heavy atom. The number of rotatable bonds is 4. The minimum absolute atomic E-state index is 0.0170. The second-order valence-corrected chi connectivity index (χ2v) is 7.18.